The second-order valence-corrected chi connectivity index (χ2v) is 12.5. The van der Waals surface area contributed by atoms with E-state index in [1.54, 1.807) is 6.20 Å². The molecule has 5 nitrogen and oxygen atoms in total. The van der Waals surface area contributed by atoms with Crippen molar-refractivity contribution < 1.29 is 24.5 Å². The molecule has 261 valence electrons. The van der Waals surface area contributed by atoms with Crippen molar-refractivity contribution in [2.45, 2.75) is 0 Å². The van der Waals surface area contributed by atoms with Crippen LogP contribution in [0.15, 0.2) is 199 Å². The van der Waals surface area contributed by atoms with Gasteiger partial charge in [0, 0.05) is 67.4 Å². The Balaban J connectivity index is 0.000000271. The van der Waals surface area contributed by atoms with Gasteiger partial charge in [0.2, 0.25) is 0 Å². The number of para-hydroxylation sites is 3. The molecule has 0 aliphatic carbocycles. The zero-order valence-electron chi connectivity index (χ0n) is 29.0. The molecule has 4 aromatic heterocycles. The average molecular weight is 873 g/mol. The van der Waals surface area contributed by atoms with Gasteiger partial charge in [-0.1, -0.05) is 126 Å². The van der Waals surface area contributed by atoms with Gasteiger partial charge < -0.3 is 18.5 Å². The van der Waals surface area contributed by atoms with E-state index in [1.807, 2.05) is 79.1 Å². The topological polar surface area (TPSA) is 48.8 Å². The van der Waals surface area contributed by atoms with E-state index in [0.717, 1.165) is 78.3 Å². The second-order valence-electron chi connectivity index (χ2n) is 12.5. The molecule has 10 aromatic rings. The van der Waals surface area contributed by atoms with Crippen molar-refractivity contribution in [3.63, 3.8) is 0 Å². The van der Waals surface area contributed by atoms with Gasteiger partial charge in [0.15, 0.2) is 0 Å². The van der Waals surface area contributed by atoms with Gasteiger partial charge in [-0.3, -0.25) is 4.98 Å². The summed E-state index contributed by atoms with van der Waals surface area (Å²) in [7, 11) is 0. The van der Waals surface area contributed by atoms with Crippen molar-refractivity contribution in [3.8, 4) is 56.3 Å². The minimum Gasteiger partial charge on any atom is -0.557 e. The Labute approximate surface area is 327 Å². The fourth-order valence-electron chi connectivity index (χ4n) is 6.78. The van der Waals surface area contributed by atoms with Crippen molar-refractivity contribution in [1.29, 1.82) is 0 Å². The second kappa shape index (κ2) is 15.6. The molecule has 1 radical (unpaired) electrons. The molecule has 0 saturated heterocycles. The third-order valence-corrected chi connectivity index (χ3v) is 9.26. The quantitative estimate of drug-likeness (QED) is 0.156. The number of aromatic nitrogens is 4. The number of hydrogen-bond acceptors (Lipinski definition) is 3. The summed E-state index contributed by atoms with van der Waals surface area (Å²) in [4.78, 5) is 9.43. The maximum atomic E-state index is 6.00. The van der Waals surface area contributed by atoms with Gasteiger partial charge in [-0.15, -0.1) is 35.9 Å². The van der Waals surface area contributed by atoms with E-state index in [2.05, 4.69) is 136 Å². The van der Waals surface area contributed by atoms with Crippen LogP contribution >= 0.6 is 0 Å². The molecular formula is C48H32IrN4O-2. The molecule has 6 heteroatoms. The molecule has 4 heterocycles. The molecule has 0 atom stereocenters. The minimum absolute atomic E-state index is 0. The predicted octanol–water partition coefficient (Wildman–Crippen LogP) is 11.9. The van der Waals surface area contributed by atoms with Crippen LogP contribution in [0.1, 0.15) is 0 Å². The van der Waals surface area contributed by atoms with E-state index in [-0.39, 0.29) is 20.1 Å². The third-order valence-electron chi connectivity index (χ3n) is 9.26. The molecule has 0 fully saturated rings. The van der Waals surface area contributed by atoms with Crippen molar-refractivity contribution in [1.82, 2.24) is 19.1 Å². The Morgan fingerprint density at radius 3 is 1.96 bits per heavy atom. The summed E-state index contributed by atoms with van der Waals surface area (Å²) in [5.74, 6) is 0.787. The Morgan fingerprint density at radius 2 is 1.28 bits per heavy atom. The Kier molecular flexibility index (Phi) is 9.94. The first kappa shape index (κ1) is 34.5. The Bertz CT molecular complexity index is 2660. The van der Waals surface area contributed by atoms with Gasteiger partial charge in [-0.25, -0.2) is 0 Å². The van der Waals surface area contributed by atoms with E-state index >= 15 is 0 Å². The maximum absolute atomic E-state index is 6.00. The minimum atomic E-state index is 0. The Morgan fingerprint density at radius 1 is 0.593 bits per heavy atom. The smallest absolute Gasteiger partial charge is 0.0774 e. The van der Waals surface area contributed by atoms with E-state index in [9.17, 15) is 0 Å². The summed E-state index contributed by atoms with van der Waals surface area (Å²) in [6.45, 7) is 0. The fraction of sp³-hybridized carbons (Fsp3) is 0. The molecular weight excluding hydrogens is 841 g/mol. The number of hydrogen-bond donors (Lipinski definition) is 0. The van der Waals surface area contributed by atoms with Gasteiger partial charge in [0.25, 0.3) is 0 Å². The largest absolute Gasteiger partial charge is 0.557 e. The number of benzene rings is 6. The number of pyridine rings is 1. The van der Waals surface area contributed by atoms with E-state index in [1.165, 1.54) is 0 Å². The van der Waals surface area contributed by atoms with Gasteiger partial charge in [-0.05, 0) is 53.2 Å². The zero-order chi connectivity index (χ0) is 35.4. The van der Waals surface area contributed by atoms with Crippen LogP contribution in [0.3, 0.4) is 0 Å². The monoisotopic (exact) mass is 873 g/mol. The van der Waals surface area contributed by atoms with E-state index < -0.39 is 0 Å². The average Bonchev–Trinajstić information content (AvgIpc) is 4.01. The fourth-order valence-corrected chi connectivity index (χ4v) is 6.78. The van der Waals surface area contributed by atoms with Gasteiger partial charge in [0.05, 0.1) is 22.5 Å². The number of furan rings is 1. The van der Waals surface area contributed by atoms with E-state index in [0.29, 0.717) is 0 Å². The first-order valence-electron chi connectivity index (χ1n) is 17.5. The Hall–Kier alpha value is -6.59. The standard InChI is InChI=1S/C37H24N3O.C11H8N.Ir/c1-3-12-26(13-4-1)29-16-11-17-30(27-14-5-2-6-15-27)36(29)40-34-19-8-7-18-33(34)38-37(40)32-25-41-35-21-20-28(24-31(32)35)39-22-9-10-23-39;1-2-6-10(7-3-1)11-8-4-5-9-12-11;/h1-24H;1-6,8-9H;/q2*-1;. The molecule has 0 N–H and O–H groups in total. The van der Waals surface area contributed by atoms with Crippen LogP contribution < -0.4 is 0 Å². The van der Waals surface area contributed by atoms with Crippen LogP contribution in [0.25, 0.3) is 78.3 Å². The number of nitrogens with zero attached hydrogens (tertiary/aromatic N) is 4. The molecule has 0 bridgehead atoms. The third kappa shape index (κ3) is 6.72. The summed E-state index contributed by atoms with van der Waals surface area (Å²) in [5.41, 5.74) is 12.2. The van der Waals surface area contributed by atoms with Crippen LogP contribution in [0.2, 0.25) is 0 Å². The van der Waals surface area contributed by atoms with Gasteiger partial charge in [-0.2, -0.15) is 0 Å². The first-order chi connectivity index (χ1) is 26.3. The molecule has 10 rings (SSSR count). The molecule has 0 spiro atoms. The van der Waals surface area contributed by atoms with Gasteiger partial charge in [0.1, 0.15) is 0 Å². The maximum Gasteiger partial charge on any atom is 0.0774 e. The van der Waals surface area contributed by atoms with Crippen LogP contribution in [0.5, 0.6) is 0 Å². The van der Waals surface area contributed by atoms with Crippen LogP contribution in [-0.4, -0.2) is 19.1 Å². The molecule has 0 aliphatic heterocycles. The van der Waals surface area contributed by atoms with Crippen molar-refractivity contribution in [2.75, 3.05) is 0 Å². The summed E-state index contributed by atoms with van der Waals surface area (Å²) in [5, 5.41) is 0.964. The normalized spacial score (nSPS) is 10.8. The summed E-state index contributed by atoms with van der Waals surface area (Å²) in [6, 6.07) is 63.0. The number of rotatable bonds is 6. The van der Waals surface area contributed by atoms with Crippen molar-refractivity contribution in [3.05, 3.63) is 207 Å². The molecule has 0 aliphatic rings. The van der Waals surface area contributed by atoms with Gasteiger partial charge >= 0.3 is 0 Å². The molecule has 6 aromatic carbocycles. The molecule has 0 saturated carbocycles. The molecule has 0 amide bonds. The van der Waals surface area contributed by atoms with Crippen LogP contribution in [0, 0.1) is 12.3 Å². The predicted molar refractivity (Wildman–Crippen MR) is 214 cm³/mol. The number of fused-ring (bicyclic) bond motifs is 2. The molecule has 0 unspecified atom stereocenters. The summed E-state index contributed by atoms with van der Waals surface area (Å²) < 4.78 is 10.4. The summed E-state index contributed by atoms with van der Waals surface area (Å²) in [6.07, 6.45) is 9.10. The first-order valence-corrected chi connectivity index (χ1v) is 17.5. The van der Waals surface area contributed by atoms with Crippen LogP contribution in [-0.2, 0) is 20.1 Å². The van der Waals surface area contributed by atoms with Crippen LogP contribution in [0.4, 0.5) is 0 Å². The molecule has 54 heavy (non-hydrogen) atoms. The van der Waals surface area contributed by atoms with E-state index in [4.69, 9.17) is 9.40 Å². The SMILES string of the molecule is [Ir].[c-]1ccccc1-c1ccccn1.[c-]1oc2ccc(-n3cccc3)cc2c1-c1nc2ccccc2n1-c1c(-c2ccccc2)cccc1-c1ccccc1. The zero-order valence-corrected chi connectivity index (χ0v) is 31.4. The van der Waals surface area contributed by atoms with Crippen molar-refractivity contribution >= 4 is 22.0 Å². The van der Waals surface area contributed by atoms with Crippen molar-refractivity contribution in [2.24, 2.45) is 0 Å². The summed E-state index contributed by atoms with van der Waals surface area (Å²) >= 11 is 0. The number of imidazole rings is 1.